The van der Waals surface area contributed by atoms with Crippen LogP contribution in [0, 0.1) is 0 Å². The van der Waals surface area contributed by atoms with E-state index in [0.717, 1.165) is 4.90 Å². The first-order valence-corrected chi connectivity index (χ1v) is 9.59. The molecule has 0 heterocycles. The lowest BCUT2D eigenvalue weighted by atomic mass is 10.2. The van der Waals surface area contributed by atoms with Gasteiger partial charge in [-0.05, 0) is 6.92 Å². The van der Waals surface area contributed by atoms with Gasteiger partial charge in [0.1, 0.15) is 5.78 Å². The molecule has 0 radical (unpaired) electrons. The van der Waals surface area contributed by atoms with Crippen molar-refractivity contribution >= 4 is 11.7 Å². The first-order valence-electron chi connectivity index (χ1n) is 9.59. The highest BCUT2D eigenvalue weighted by molar-refractivity contribution is 5.80. The average Bonchev–Trinajstić information content (AvgIpc) is 2.71. The highest BCUT2D eigenvalue weighted by atomic mass is 16.6. The van der Waals surface area contributed by atoms with Crippen molar-refractivity contribution in [3.63, 3.8) is 0 Å². The van der Waals surface area contributed by atoms with E-state index in [9.17, 15) is 19.8 Å². The van der Waals surface area contributed by atoms with E-state index in [4.69, 9.17) is 29.2 Å². The molecule has 0 fully saturated rings. The van der Waals surface area contributed by atoms with Gasteiger partial charge in [-0.3, -0.25) is 9.59 Å². The third-order valence-corrected chi connectivity index (χ3v) is 3.63. The van der Waals surface area contributed by atoms with Gasteiger partial charge < -0.3 is 44.3 Å². The van der Waals surface area contributed by atoms with Gasteiger partial charge in [0.15, 0.2) is 6.10 Å². The van der Waals surface area contributed by atoms with Crippen molar-refractivity contribution in [2.24, 2.45) is 0 Å². The maximum atomic E-state index is 11.9. The number of carbonyl (C=O) groups excluding carboxylic acids is 2. The maximum absolute atomic E-state index is 11.9. The first-order chi connectivity index (χ1) is 13.9. The zero-order valence-corrected chi connectivity index (χ0v) is 17.0. The van der Waals surface area contributed by atoms with E-state index >= 15 is 0 Å². The number of hydrogen-bond acceptors (Lipinski definition) is 10. The molecule has 2 unspecified atom stereocenters. The lowest BCUT2D eigenvalue weighted by Gasteiger charge is -2.26. The Labute approximate surface area is 171 Å². The number of amides is 1. The largest absolute Gasteiger partial charge is 0.394 e. The SMILES string of the molecule is CC(=O)CCOCCOCCOCCOCCN(CC(O)CO)C(=O)C(O)CO. The van der Waals surface area contributed by atoms with E-state index in [-0.39, 0.29) is 32.1 Å². The van der Waals surface area contributed by atoms with Crippen LogP contribution in [0.3, 0.4) is 0 Å². The predicted octanol–water partition coefficient (Wildman–Crippen LogP) is -2.43. The van der Waals surface area contributed by atoms with Crippen molar-refractivity contribution in [2.45, 2.75) is 25.6 Å². The van der Waals surface area contributed by atoms with E-state index in [1.54, 1.807) is 0 Å². The molecular weight excluding hydrogens is 390 g/mol. The van der Waals surface area contributed by atoms with Crippen LogP contribution in [0.4, 0.5) is 0 Å². The Morgan fingerprint density at radius 2 is 1.28 bits per heavy atom. The molecule has 0 aromatic carbocycles. The number of aliphatic hydroxyl groups is 4. The number of Topliss-reactive ketones (excluding diaryl/α,β-unsaturated/α-hetero) is 1. The van der Waals surface area contributed by atoms with Gasteiger partial charge >= 0.3 is 0 Å². The topological polar surface area (TPSA) is 155 Å². The molecule has 172 valence electrons. The van der Waals surface area contributed by atoms with Crippen LogP contribution in [-0.2, 0) is 28.5 Å². The summed E-state index contributed by atoms with van der Waals surface area (Å²) in [5, 5.41) is 36.7. The molecule has 4 N–H and O–H groups in total. The van der Waals surface area contributed by atoms with Crippen LogP contribution < -0.4 is 0 Å². The van der Waals surface area contributed by atoms with Crippen molar-refractivity contribution < 1.29 is 49.0 Å². The summed E-state index contributed by atoms with van der Waals surface area (Å²) in [5.41, 5.74) is 0. The zero-order chi connectivity index (χ0) is 21.9. The summed E-state index contributed by atoms with van der Waals surface area (Å²) in [6.45, 7) is 2.92. The number of ketones is 1. The quantitative estimate of drug-likeness (QED) is 0.155. The Hall–Kier alpha value is -1.18. The van der Waals surface area contributed by atoms with Crippen LogP contribution in [-0.4, -0.2) is 128 Å². The average molecular weight is 425 g/mol. The van der Waals surface area contributed by atoms with E-state index < -0.39 is 31.3 Å². The van der Waals surface area contributed by atoms with E-state index in [1.807, 2.05) is 0 Å². The highest BCUT2D eigenvalue weighted by Crippen LogP contribution is 1.99. The van der Waals surface area contributed by atoms with Gasteiger partial charge in [-0.2, -0.15) is 0 Å². The molecule has 11 nitrogen and oxygen atoms in total. The van der Waals surface area contributed by atoms with Gasteiger partial charge in [0.2, 0.25) is 0 Å². The Kier molecular flexibility index (Phi) is 18.1. The number of nitrogens with zero attached hydrogens (tertiary/aromatic N) is 1. The molecule has 0 aliphatic heterocycles. The number of rotatable bonds is 20. The number of ether oxygens (including phenoxy) is 4. The van der Waals surface area contributed by atoms with Crippen LogP contribution in [0.15, 0.2) is 0 Å². The smallest absolute Gasteiger partial charge is 0.253 e. The lowest BCUT2D eigenvalue weighted by Crippen LogP contribution is -2.46. The minimum Gasteiger partial charge on any atom is -0.394 e. The van der Waals surface area contributed by atoms with Crippen molar-refractivity contribution in [1.29, 1.82) is 0 Å². The summed E-state index contributed by atoms with van der Waals surface area (Å²) in [5.74, 6) is -0.659. The van der Waals surface area contributed by atoms with Gasteiger partial charge in [-0.1, -0.05) is 0 Å². The van der Waals surface area contributed by atoms with Crippen LogP contribution in [0.1, 0.15) is 13.3 Å². The molecule has 0 spiro atoms. The molecule has 1 amide bonds. The molecule has 0 aliphatic rings. The molecule has 0 saturated carbocycles. The van der Waals surface area contributed by atoms with E-state index in [0.29, 0.717) is 46.1 Å². The molecule has 0 saturated heterocycles. The summed E-state index contributed by atoms with van der Waals surface area (Å²) in [7, 11) is 0. The summed E-state index contributed by atoms with van der Waals surface area (Å²) < 4.78 is 21.2. The molecule has 0 aromatic heterocycles. The van der Waals surface area contributed by atoms with Gasteiger partial charge in [0.05, 0.1) is 72.2 Å². The van der Waals surface area contributed by atoms with Crippen LogP contribution in [0.2, 0.25) is 0 Å². The Balaban J connectivity index is 3.67. The Bertz CT molecular complexity index is 423. The first kappa shape index (κ1) is 27.8. The second-order valence-corrected chi connectivity index (χ2v) is 6.22. The normalized spacial score (nSPS) is 13.3. The molecular formula is C18H35NO10. The van der Waals surface area contributed by atoms with Gasteiger partial charge in [0.25, 0.3) is 5.91 Å². The molecule has 0 aromatic rings. The van der Waals surface area contributed by atoms with Crippen LogP contribution >= 0.6 is 0 Å². The minimum atomic E-state index is -1.58. The fourth-order valence-electron chi connectivity index (χ4n) is 2.04. The number of carbonyl (C=O) groups is 2. The number of aliphatic hydroxyl groups excluding tert-OH is 4. The molecule has 0 aliphatic carbocycles. The van der Waals surface area contributed by atoms with Crippen LogP contribution in [0.5, 0.6) is 0 Å². The minimum absolute atomic E-state index is 0.0830. The molecule has 0 bridgehead atoms. The highest BCUT2D eigenvalue weighted by Gasteiger charge is 2.23. The van der Waals surface area contributed by atoms with E-state index in [1.165, 1.54) is 6.92 Å². The van der Waals surface area contributed by atoms with Gasteiger partial charge in [-0.25, -0.2) is 0 Å². The van der Waals surface area contributed by atoms with Crippen LogP contribution in [0.25, 0.3) is 0 Å². The Morgan fingerprint density at radius 1 is 0.793 bits per heavy atom. The van der Waals surface area contributed by atoms with Gasteiger partial charge in [0, 0.05) is 19.5 Å². The Morgan fingerprint density at radius 3 is 1.72 bits per heavy atom. The number of hydrogen-bond donors (Lipinski definition) is 4. The van der Waals surface area contributed by atoms with E-state index in [2.05, 4.69) is 0 Å². The van der Waals surface area contributed by atoms with Crippen molar-refractivity contribution in [3.8, 4) is 0 Å². The standard InChI is InChI=1S/C18H35NO10/c1-15(22)2-4-26-6-8-28-10-11-29-9-7-27-5-3-19(12-16(23)13-20)18(25)17(24)14-21/h16-17,20-21,23-24H,2-14H2,1H3. The third-order valence-electron chi connectivity index (χ3n) is 3.63. The van der Waals surface area contributed by atoms with Gasteiger partial charge in [-0.15, -0.1) is 0 Å². The summed E-state index contributed by atoms with van der Waals surface area (Å²) in [6, 6.07) is 0. The molecule has 0 rings (SSSR count). The monoisotopic (exact) mass is 425 g/mol. The summed E-state index contributed by atoms with van der Waals surface area (Å²) >= 11 is 0. The maximum Gasteiger partial charge on any atom is 0.253 e. The molecule has 11 heteroatoms. The summed E-state index contributed by atoms with van der Waals surface area (Å²) in [4.78, 5) is 23.7. The zero-order valence-electron chi connectivity index (χ0n) is 17.0. The van der Waals surface area contributed by atoms with Crippen molar-refractivity contribution in [1.82, 2.24) is 4.90 Å². The third kappa shape index (κ3) is 16.3. The van der Waals surface area contributed by atoms with Crippen molar-refractivity contribution in [3.05, 3.63) is 0 Å². The fraction of sp³-hybridized carbons (Fsp3) is 0.889. The molecule has 2 atom stereocenters. The lowest BCUT2D eigenvalue weighted by molar-refractivity contribution is -0.144. The second-order valence-electron chi connectivity index (χ2n) is 6.22. The summed E-state index contributed by atoms with van der Waals surface area (Å²) in [6.07, 6.45) is -2.32. The predicted molar refractivity (Wildman–Crippen MR) is 101 cm³/mol. The second kappa shape index (κ2) is 18.8. The van der Waals surface area contributed by atoms with Crippen molar-refractivity contribution in [2.75, 3.05) is 79.2 Å². The molecule has 29 heavy (non-hydrogen) atoms. The fourth-order valence-corrected chi connectivity index (χ4v) is 2.04.